The third kappa shape index (κ3) is 9.31. The predicted octanol–water partition coefficient (Wildman–Crippen LogP) is 3.01. The van der Waals surface area contributed by atoms with Crippen molar-refractivity contribution < 1.29 is 19.1 Å². The summed E-state index contributed by atoms with van der Waals surface area (Å²) in [4.78, 5) is 47.7. The molecule has 0 fully saturated rings. The van der Waals surface area contributed by atoms with Crippen molar-refractivity contribution in [2.45, 2.75) is 51.4 Å². The van der Waals surface area contributed by atoms with E-state index in [2.05, 4.69) is 52.6 Å². The number of esters is 1. The maximum atomic E-state index is 13.3. The molecule has 4 atom stereocenters. The Balaban J connectivity index is 1.85. The van der Waals surface area contributed by atoms with Crippen molar-refractivity contribution in [2.24, 2.45) is 11.7 Å². The average Bonchev–Trinajstić information content (AvgIpc) is 3.53. The van der Waals surface area contributed by atoms with Gasteiger partial charge in [0, 0.05) is 25.3 Å². The zero-order valence-corrected chi connectivity index (χ0v) is 25.1. The number of amides is 2. The van der Waals surface area contributed by atoms with Crippen LogP contribution in [0, 0.1) is 5.92 Å². The Hall–Kier alpha value is -3.41. The molecule has 0 bridgehead atoms. The Kier molecular flexibility index (Phi) is 12.6. The van der Waals surface area contributed by atoms with Crippen LogP contribution < -0.4 is 16.4 Å². The van der Waals surface area contributed by atoms with Crippen LogP contribution in [0.2, 0.25) is 0 Å². The number of carbonyl (C=O) groups is 3. The minimum absolute atomic E-state index is 0.0320. The molecule has 2 amide bonds. The van der Waals surface area contributed by atoms with Crippen LogP contribution in [-0.4, -0.2) is 76.9 Å². The van der Waals surface area contributed by atoms with Crippen molar-refractivity contribution in [1.82, 2.24) is 25.5 Å². The van der Waals surface area contributed by atoms with E-state index in [4.69, 9.17) is 10.5 Å². The van der Waals surface area contributed by atoms with E-state index in [1.807, 2.05) is 35.4 Å². The summed E-state index contributed by atoms with van der Waals surface area (Å²) >= 11 is 1.60. The van der Waals surface area contributed by atoms with Gasteiger partial charge in [-0.1, -0.05) is 62.7 Å². The van der Waals surface area contributed by atoms with Crippen LogP contribution in [0.15, 0.2) is 55.0 Å². The Morgan fingerprint density at radius 3 is 2.59 bits per heavy atom. The van der Waals surface area contributed by atoms with Crippen molar-refractivity contribution >= 4 is 40.3 Å². The molecule has 5 N–H and O–H groups in total. The van der Waals surface area contributed by atoms with Gasteiger partial charge in [-0.3, -0.25) is 14.5 Å². The minimum Gasteiger partial charge on any atom is -0.467 e. The van der Waals surface area contributed by atoms with E-state index in [1.54, 1.807) is 18.0 Å². The van der Waals surface area contributed by atoms with Crippen LogP contribution in [0.4, 0.5) is 0 Å². The first-order valence-corrected chi connectivity index (χ1v) is 15.3. The fraction of sp³-hybridized carbons (Fsp3) is 0.467. The molecule has 3 aromatic rings. The first-order valence-electron chi connectivity index (χ1n) is 13.9. The van der Waals surface area contributed by atoms with E-state index in [9.17, 15) is 14.4 Å². The van der Waals surface area contributed by atoms with Crippen LogP contribution in [-0.2, 0) is 25.7 Å². The number of imidazole rings is 1. The van der Waals surface area contributed by atoms with Gasteiger partial charge < -0.3 is 26.1 Å². The van der Waals surface area contributed by atoms with E-state index < -0.39 is 18.1 Å². The molecule has 222 valence electrons. The summed E-state index contributed by atoms with van der Waals surface area (Å²) in [6.07, 6.45) is 6.33. The summed E-state index contributed by atoms with van der Waals surface area (Å²) in [6.45, 7) is 5.03. The molecule has 41 heavy (non-hydrogen) atoms. The summed E-state index contributed by atoms with van der Waals surface area (Å²) in [5.41, 5.74) is 7.70. The number of hydrogen-bond acceptors (Lipinski definition) is 8. The Bertz CT molecular complexity index is 1270. The quantitative estimate of drug-likeness (QED) is 0.189. The highest BCUT2D eigenvalue weighted by Gasteiger charge is 2.28. The molecule has 0 spiro atoms. The van der Waals surface area contributed by atoms with Crippen molar-refractivity contribution in [3.8, 4) is 0 Å². The second-order valence-corrected chi connectivity index (χ2v) is 11.2. The summed E-state index contributed by atoms with van der Waals surface area (Å²) in [6, 6.07) is 12.3. The highest BCUT2D eigenvalue weighted by Crippen LogP contribution is 2.21. The number of aromatic nitrogens is 2. The zero-order valence-electron chi connectivity index (χ0n) is 24.3. The number of rotatable bonds is 16. The van der Waals surface area contributed by atoms with Crippen molar-refractivity contribution in [3.05, 3.63) is 66.2 Å². The van der Waals surface area contributed by atoms with E-state index in [0.717, 1.165) is 22.8 Å². The van der Waals surface area contributed by atoms with Crippen LogP contribution >= 0.6 is 11.8 Å². The lowest BCUT2D eigenvalue weighted by molar-refractivity contribution is -0.145. The molecule has 0 saturated heterocycles. The third-order valence-electron chi connectivity index (χ3n) is 7.31. The molecular formula is C30H42N6O4S. The molecule has 1 heterocycles. The van der Waals surface area contributed by atoms with Crippen LogP contribution in [0.3, 0.4) is 0 Å². The van der Waals surface area contributed by atoms with Crippen molar-refractivity contribution in [3.63, 3.8) is 0 Å². The summed E-state index contributed by atoms with van der Waals surface area (Å²) < 4.78 is 4.92. The van der Waals surface area contributed by atoms with Gasteiger partial charge in [0.25, 0.3) is 0 Å². The predicted molar refractivity (Wildman–Crippen MR) is 163 cm³/mol. The normalized spacial score (nSPS) is 14.3. The van der Waals surface area contributed by atoms with E-state index in [1.165, 1.54) is 13.4 Å². The number of aromatic amines is 1. The van der Waals surface area contributed by atoms with Gasteiger partial charge in [-0.15, -0.1) is 0 Å². The average molecular weight is 583 g/mol. The third-order valence-corrected chi connectivity index (χ3v) is 7.95. The number of benzene rings is 2. The number of hydrogen-bond donors (Lipinski definition) is 4. The topological polar surface area (TPSA) is 142 Å². The second kappa shape index (κ2) is 16.1. The van der Waals surface area contributed by atoms with Gasteiger partial charge in [0.15, 0.2) is 0 Å². The number of thioether (sulfide) groups is 1. The monoisotopic (exact) mass is 582 g/mol. The lowest BCUT2D eigenvalue weighted by Gasteiger charge is -2.32. The van der Waals surface area contributed by atoms with Crippen LogP contribution in [0.1, 0.15) is 44.0 Å². The highest BCUT2D eigenvalue weighted by molar-refractivity contribution is 7.98. The maximum Gasteiger partial charge on any atom is 0.328 e. The molecule has 0 aliphatic heterocycles. The Labute approximate surface area is 246 Å². The molecule has 1 aromatic heterocycles. The van der Waals surface area contributed by atoms with E-state index in [-0.39, 0.29) is 30.3 Å². The molecule has 0 radical (unpaired) electrons. The molecule has 0 saturated carbocycles. The Morgan fingerprint density at radius 2 is 1.90 bits per heavy atom. The first kappa shape index (κ1) is 32.1. The van der Waals surface area contributed by atoms with Crippen molar-refractivity contribution in [2.75, 3.05) is 32.2 Å². The smallest absolute Gasteiger partial charge is 0.328 e. The first-order chi connectivity index (χ1) is 19.8. The number of fused-ring (bicyclic) bond motifs is 1. The Morgan fingerprint density at radius 1 is 1.15 bits per heavy atom. The van der Waals surface area contributed by atoms with Crippen molar-refractivity contribution in [1.29, 1.82) is 0 Å². The fourth-order valence-electron chi connectivity index (χ4n) is 4.71. The fourth-order valence-corrected chi connectivity index (χ4v) is 5.18. The van der Waals surface area contributed by atoms with E-state index in [0.29, 0.717) is 31.0 Å². The maximum absolute atomic E-state index is 13.3. The number of carbonyl (C=O) groups excluding carboxylic acids is 3. The van der Waals surface area contributed by atoms with Gasteiger partial charge in [-0.05, 0) is 40.7 Å². The summed E-state index contributed by atoms with van der Waals surface area (Å²) in [7, 11) is 1.32. The molecule has 2 aromatic carbocycles. The standard InChI is InChI=1S/C30H42N6O4S/c1-5-20(2)26(35-29(38)28(31)25-15-32-19-33-25)17-36(16-22-11-8-10-21-9-6-7-12-23(21)22)18-27(37)34-24(13-14-41-4)30(39)40-3/h6-12,15,19-20,24,26,28H,5,13-14,16-18,31H2,1-4H3,(H,32,33)(H,34,37)(H,35,38)/t20-,24-,26+,28+/m0/s1. The summed E-state index contributed by atoms with van der Waals surface area (Å²) in [5.74, 6) is -0.278. The lowest BCUT2D eigenvalue weighted by atomic mass is 9.97. The molecule has 0 aliphatic rings. The summed E-state index contributed by atoms with van der Waals surface area (Å²) in [5, 5.41) is 8.17. The molecule has 0 unspecified atom stereocenters. The van der Waals surface area contributed by atoms with Gasteiger partial charge >= 0.3 is 5.97 Å². The van der Waals surface area contributed by atoms with Gasteiger partial charge in [0.1, 0.15) is 12.1 Å². The molecule has 11 heteroatoms. The lowest BCUT2D eigenvalue weighted by Crippen LogP contribution is -2.52. The van der Waals surface area contributed by atoms with E-state index >= 15 is 0 Å². The van der Waals surface area contributed by atoms with Gasteiger partial charge in [0.2, 0.25) is 11.8 Å². The molecule has 10 nitrogen and oxygen atoms in total. The second-order valence-electron chi connectivity index (χ2n) is 10.2. The minimum atomic E-state index is -0.917. The van der Waals surface area contributed by atoms with Gasteiger partial charge in [-0.2, -0.15) is 11.8 Å². The highest BCUT2D eigenvalue weighted by atomic mass is 32.2. The largest absolute Gasteiger partial charge is 0.467 e. The van der Waals surface area contributed by atoms with Gasteiger partial charge in [-0.25, -0.2) is 9.78 Å². The van der Waals surface area contributed by atoms with Crippen LogP contribution in [0.5, 0.6) is 0 Å². The zero-order chi connectivity index (χ0) is 29.8. The number of ether oxygens (including phenoxy) is 1. The SMILES string of the molecule is CC[C@H](C)[C@@H](CN(CC(=O)N[C@@H](CCSC)C(=O)OC)Cc1cccc2ccccc12)NC(=O)[C@H](N)c1c[nH]cn1. The number of nitrogens with zero attached hydrogens (tertiary/aromatic N) is 2. The number of nitrogens with one attached hydrogen (secondary N) is 3. The molecular weight excluding hydrogens is 540 g/mol. The number of H-pyrrole nitrogens is 1. The van der Waals surface area contributed by atoms with Crippen LogP contribution in [0.25, 0.3) is 10.8 Å². The molecule has 3 rings (SSSR count). The number of nitrogens with two attached hydrogens (primary N) is 1. The number of methoxy groups -OCH3 is 1. The van der Waals surface area contributed by atoms with Gasteiger partial charge in [0.05, 0.1) is 25.7 Å². The molecule has 0 aliphatic carbocycles.